The fraction of sp³-hybridized carbons (Fsp3) is 0.438. The van der Waals surface area contributed by atoms with Gasteiger partial charge in [-0.2, -0.15) is 5.10 Å². The van der Waals surface area contributed by atoms with Gasteiger partial charge in [0.2, 0.25) is 0 Å². The van der Waals surface area contributed by atoms with E-state index in [1.54, 1.807) is 16.8 Å². The standard InChI is InChI=1S/C16H21FN4/c1-20(15-6-8-18-9-7-15)11-13-10-19-21(12-13)16-4-2-14(17)3-5-16/h2-5,10,12,15,18H,6-9,11H2,1H3. The minimum Gasteiger partial charge on any atom is -0.317 e. The summed E-state index contributed by atoms with van der Waals surface area (Å²) in [7, 11) is 2.17. The van der Waals surface area contributed by atoms with Crippen molar-refractivity contribution in [1.29, 1.82) is 0 Å². The molecular formula is C16H21FN4. The number of hydrogen-bond donors (Lipinski definition) is 1. The van der Waals surface area contributed by atoms with E-state index in [0.29, 0.717) is 6.04 Å². The summed E-state index contributed by atoms with van der Waals surface area (Å²) in [6.07, 6.45) is 6.30. The van der Waals surface area contributed by atoms with E-state index in [2.05, 4.69) is 22.4 Å². The summed E-state index contributed by atoms with van der Waals surface area (Å²) in [5.74, 6) is -0.225. The van der Waals surface area contributed by atoms with Crippen LogP contribution in [-0.4, -0.2) is 40.9 Å². The average molecular weight is 288 g/mol. The van der Waals surface area contributed by atoms with Gasteiger partial charge in [-0.3, -0.25) is 4.90 Å². The molecule has 1 saturated heterocycles. The second-order valence-corrected chi connectivity index (χ2v) is 5.67. The molecule has 3 rings (SSSR count). The lowest BCUT2D eigenvalue weighted by Crippen LogP contribution is -2.40. The Kier molecular flexibility index (Phi) is 4.31. The molecule has 0 atom stereocenters. The largest absolute Gasteiger partial charge is 0.317 e. The SMILES string of the molecule is CN(Cc1cnn(-c2ccc(F)cc2)c1)C1CCNCC1. The summed E-state index contributed by atoms with van der Waals surface area (Å²) in [6.45, 7) is 3.10. The quantitative estimate of drug-likeness (QED) is 0.936. The van der Waals surface area contributed by atoms with Gasteiger partial charge in [0.25, 0.3) is 0 Å². The number of piperidine rings is 1. The second-order valence-electron chi connectivity index (χ2n) is 5.67. The van der Waals surface area contributed by atoms with Crippen LogP contribution in [0, 0.1) is 5.82 Å². The lowest BCUT2D eigenvalue weighted by molar-refractivity contribution is 0.192. The van der Waals surface area contributed by atoms with Gasteiger partial charge < -0.3 is 5.32 Å². The Morgan fingerprint density at radius 1 is 1.29 bits per heavy atom. The first kappa shape index (κ1) is 14.2. The predicted molar refractivity (Wildman–Crippen MR) is 80.9 cm³/mol. The van der Waals surface area contributed by atoms with Crippen molar-refractivity contribution in [3.8, 4) is 5.69 Å². The third kappa shape index (κ3) is 3.49. The van der Waals surface area contributed by atoms with Crippen LogP contribution < -0.4 is 5.32 Å². The Hall–Kier alpha value is -1.72. The van der Waals surface area contributed by atoms with Crippen molar-refractivity contribution < 1.29 is 4.39 Å². The first-order chi connectivity index (χ1) is 10.2. The molecule has 2 aromatic rings. The summed E-state index contributed by atoms with van der Waals surface area (Å²) in [6, 6.07) is 7.03. The van der Waals surface area contributed by atoms with Crippen molar-refractivity contribution in [2.75, 3.05) is 20.1 Å². The maximum Gasteiger partial charge on any atom is 0.123 e. The highest BCUT2D eigenvalue weighted by atomic mass is 19.1. The van der Waals surface area contributed by atoms with Crippen LogP contribution in [-0.2, 0) is 6.54 Å². The monoisotopic (exact) mass is 288 g/mol. The maximum absolute atomic E-state index is 12.9. The first-order valence-electron chi connectivity index (χ1n) is 7.43. The van der Waals surface area contributed by atoms with Crippen LogP contribution in [0.3, 0.4) is 0 Å². The van der Waals surface area contributed by atoms with Crippen LogP contribution in [0.4, 0.5) is 4.39 Å². The van der Waals surface area contributed by atoms with Crippen LogP contribution in [0.2, 0.25) is 0 Å². The molecule has 0 unspecified atom stereocenters. The third-order valence-electron chi connectivity index (χ3n) is 4.09. The Bertz CT molecular complexity index is 572. The van der Waals surface area contributed by atoms with Crippen LogP contribution >= 0.6 is 0 Å². The van der Waals surface area contributed by atoms with Crippen LogP contribution in [0.5, 0.6) is 0 Å². The minimum absolute atomic E-state index is 0.225. The molecule has 2 heterocycles. The average Bonchev–Trinajstić information content (AvgIpc) is 2.97. The molecule has 1 fully saturated rings. The fourth-order valence-electron chi connectivity index (χ4n) is 2.84. The zero-order valence-electron chi connectivity index (χ0n) is 12.3. The molecule has 0 spiro atoms. The van der Waals surface area contributed by atoms with Gasteiger partial charge in [0.1, 0.15) is 5.82 Å². The Balaban J connectivity index is 1.65. The fourth-order valence-corrected chi connectivity index (χ4v) is 2.84. The molecule has 0 bridgehead atoms. The lowest BCUT2D eigenvalue weighted by Gasteiger charge is -2.31. The van der Waals surface area contributed by atoms with Gasteiger partial charge in [-0.1, -0.05) is 0 Å². The van der Waals surface area contributed by atoms with E-state index in [1.807, 2.05) is 12.4 Å². The van der Waals surface area contributed by atoms with Gasteiger partial charge in [-0.25, -0.2) is 9.07 Å². The topological polar surface area (TPSA) is 33.1 Å². The molecule has 1 aliphatic heterocycles. The van der Waals surface area contributed by atoms with E-state index in [1.165, 1.54) is 30.5 Å². The Morgan fingerprint density at radius 2 is 2.00 bits per heavy atom. The minimum atomic E-state index is -0.225. The number of benzene rings is 1. The van der Waals surface area contributed by atoms with E-state index in [0.717, 1.165) is 25.3 Å². The Morgan fingerprint density at radius 3 is 2.71 bits per heavy atom. The van der Waals surface area contributed by atoms with Gasteiger partial charge in [0.05, 0.1) is 11.9 Å². The number of halogens is 1. The van der Waals surface area contributed by atoms with Gasteiger partial charge in [-0.15, -0.1) is 0 Å². The summed E-state index contributed by atoms with van der Waals surface area (Å²) >= 11 is 0. The van der Waals surface area contributed by atoms with E-state index >= 15 is 0 Å². The van der Waals surface area contributed by atoms with E-state index < -0.39 is 0 Å². The highest BCUT2D eigenvalue weighted by molar-refractivity contribution is 5.31. The molecule has 1 aromatic carbocycles. The molecule has 1 aliphatic rings. The second kappa shape index (κ2) is 6.37. The third-order valence-corrected chi connectivity index (χ3v) is 4.09. The number of hydrogen-bond acceptors (Lipinski definition) is 3. The molecule has 5 heteroatoms. The van der Waals surface area contributed by atoms with Crippen molar-refractivity contribution in [3.05, 3.63) is 48.0 Å². The van der Waals surface area contributed by atoms with Crippen molar-refractivity contribution >= 4 is 0 Å². The summed E-state index contributed by atoms with van der Waals surface area (Å²) in [5, 5.41) is 7.76. The molecule has 0 saturated carbocycles. The summed E-state index contributed by atoms with van der Waals surface area (Å²) in [5.41, 5.74) is 2.06. The molecule has 0 amide bonds. The van der Waals surface area contributed by atoms with Crippen molar-refractivity contribution in [1.82, 2.24) is 20.0 Å². The normalized spacial score (nSPS) is 16.5. The molecule has 112 valence electrons. The number of rotatable bonds is 4. The van der Waals surface area contributed by atoms with Crippen molar-refractivity contribution in [2.45, 2.75) is 25.4 Å². The molecular weight excluding hydrogens is 267 g/mol. The van der Waals surface area contributed by atoms with Crippen LogP contribution in [0.25, 0.3) is 5.69 Å². The summed E-state index contributed by atoms with van der Waals surface area (Å²) < 4.78 is 14.7. The van der Waals surface area contributed by atoms with E-state index in [-0.39, 0.29) is 5.82 Å². The van der Waals surface area contributed by atoms with Crippen molar-refractivity contribution in [3.63, 3.8) is 0 Å². The van der Waals surface area contributed by atoms with E-state index in [4.69, 9.17) is 0 Å². The highest BCUT2D eigenvalue weighted by Gasteiger charge is 2.18. The number of nitrogens with one attached hydrogen (secondary N) is 1. The zero-order valence-corrected chi connectivity index (χ0v) is 12.3. The van der Waals surface area contributed by atoms with Gasteiger partial charge in [-0.05, 0) is 57.2 Å². The van der Waals surface area contributed by atoms with Gasteiger partial charge in [0.15, 0.2) is 0 Å². The van der Waals surface area contributed by atoms with Crippen molar-refractivity contribution in [2.24, 2.45) is 0 Å². The molecule has 1 aromatic heterocycles. The molecule has 4 nitrogen and oxygen atoms in total. The predicted octanol–water partition coefficient (Wildman–Crippen LogP) is 2.20. The zero-order chi connectivity index (χ0) is 14.7. The number of aromatic nitrogens is 2. The first-order valence-corrected chi connectivity index (χ1v) is 7.43. The maximum atomic E-state index is 12.9. The van der Waals surface area contributed by atoms with Crippen LogP contribution in [0.15, 0.2) is 36.7 Å². The highest BCUT2D eigenvalue weighted by Crippen LogP contribution is 2.15. The van der Waals surface area contributed by atoms with Gasteiger partial charge in [0, 0.05) is 24.3 Å². The lowest BCUT2D eigenvalue weighted by atomic mass is 10.1. The number of nitrogens with zero attached hydrogens (tertiary/aromatic N) is 3. The molecule has 0 radical (unpaired) electrons. The Labute approximate surface area is 124 Å². The van der Waals surface area contributed by atoms with Crippen LogP contribution in [0.1, 0.15) is 18.4 Å². The molecule has 1 N–H and O–H groups in total. The molecule has 0 aliphatic carbocycles. The van der Waals surface area contributed by atoms with Gasteiger partial charge >= 0.3 is 0 Å². The summed E-state index contributed by atoms with van der Waals surface area (Å²) in [4.78, 5) is 2.40. The van der Waals surface area contributed by atoms with E-state index in [9.17, 15) is 4.39 Å². The molecule has 21 heavy (non-hydrogen) atoms. The smallest absolute Gasteiger partial charge is 0.123 e.